The van der Waals surface area contributed by atoms with Gasteiger partial charge in [0.1, 0.15) is 5.71 Å². The van der Waals surface area contributed by atoms with Crippen molar-refractivity contribution in [2.45, 2.75) is 25.4 Å². The Morgan fingerprint density at radius 1 is 1.33 bits per heavy atom. The van der Waals surface area contributed by atoms with Gasteiger partial charge in [0.2, 0.25) is 0 Å². The number of hydrogen-bond acceptors (Lipinski definition) is 2. The highest BCUT2D eigenvalue weighted by Crippen LogP contribution is 2.19. The molecule has 0 amide bonds. The van der Waals surface area contributed by atoms with Gasteiger partial charge in [-0.15, -0.1) is 0 Å². The predicted molar refractivity (Wildman–Crippen MR) is 41.6 cm³/mol. The van der Waals surface area contributed by atoms with Crippen molar-refractivity contribution in [1.82, 2.24) is 5.32 Å². The van der Waals surface area contributed by atoms with Crippen LogP contribution in [-0.4, -0.2) is 25.5 Å². The molecule has 0 aromatic rings. The van der Waals surface area contributed by atoms with E-state index in [0.717, 1.165) is 0 Å². The SMILES string of the molecule is CNCCCCC(=N)C(F)(F)F. The summed E-state index contributed by atoms with van der Waals surface area (Å²) in [5.41, 5.74) is -1.13. The van der Waals surface area contributed by atoms with Crippen molar-refractivity contribution < 1.29 is 13.2 Å². The quantitative estimate of drug-likeness (QED) is 0.494. The van der Waals surface area contributed by atoms with Crippen LogP contribution in [0, 0.1) is 5.41 Å². The number of halogens is 3. The van der Waals surface area contributed by atoms with Gasteiger partial charge in [-0.05, 0) is 32.9 Å². The number of alkyl halides is 3. The number of rotatable bonds is 5. The molecule has 0 fully saturated rings. The molecule has 12 heavy (non-hydrogen) atoms. The Morgan fingerprint density at radius 2 is 1.92 bits per heavy atom. The Hall–Kier alpha value is -0.580. The fourth-order valence-electron chi connectivity index (χ4n) is 0.745. The summed E-state index contributed by atoms with van der Waals surface area (Å²) in [5.74, 6) is 0. The van der Waals surface area contributed by atoms with Gasteiger partial charge in [0.05, 0.1) is 0 Å². The van der Waals surface area contributed by atoms with Gasteiger partial charge in [-0.25, -0.2) is 0 Å². The van der Waals surface area contributed by atoms with Crippen LogP contribution in [0.2, 0.25) is 0 Å². The van der Waals surface area contributed by atoms with Crippen molar-refractivity contribution >= 4 is 5.71 Å². The molecule has 0 heterocycles. The molecular formula is C7H13F3N2. The zero-order valence-corrected chi connectivity index (χ0v) is 6.96. The van der Waals surface area contributed by atoms with Crippen LogP contribution < -0.4 is 5.32 Å². The molecule has 2 nitrogen and oxygen atoms in total. The third-order valence-corrected chi connectivity index (χ3v) is 1.45. The van der Waals surface area contributed by atoms with Crippen LogP contribution in [0.5, 0.6) is 0 Å². The number of unbranched alkanes of at least 4 members (excludes halogenated alkanes) is 1. The van der Waals surface area contributed by atoms with Crippen molar-refractivity contribution in [1.29, 1.82) is 5.41 Å². The van der Waals surface area contributed by atoms with Crippen molar-refractivity contribution in [3.8, 4) is 0 Å². The minimum atomic E-state index is -4.43. The van der Waals surface area contributed by atoms with Crippen LogP contribution in [0.15, 0.2) is 0 Å². The Balaban J connectivity index is 3.45. The normalized spacial score (nSPS) is 11.7. The standard InChI is InChI=1S/C7H13F3N2/c1-12-5-3-2-4-6(11)7(8,9)10/h11-12H,2-5H2,1H3. The highest BCUT2D eigenvalue weighted by atomic mass is 19.4. The van der Waals surface area contributed by atoms with E-state index in [4.69, 9.17) is 5.41 Å². The molecule has 0 aliphatic rings. The van der Waals surface area contributed by atoms with Crippen molar-refractivity contribution in [2.75, 3.05) is 13.6 Å². The topological polar surface area (TPSA) is 35.9 Å². The average molecular weight is 182 g/mol. The third-order valence-electron chi connectivity index (χ3n) is 1.45. The molecule has 0 aliphatic heterocycles. The molecule has 0 radical (unpaired) electrons. The molecule has 0 aromatic carbocycles. The van der Waals surface area contributed by atoms with Crippen LogP contribution in [0.3, 0.4) is 0 Å². The summed E-state index contributed by atoms with van der Waals surface area (Å²) in [6.07, 6.45) is -3.51. The van der Waals surface area contributed by atoms with Gasteiger partial charge in [-0.3, -0.25) is 0 Å². The second kappa shape index (κ2) is 5.13. The second-order valence-corrected chi connectivity index (χ2v) is 2.54. The van der Waals surface area contributed by atoms with Gasteiger partial charge in [-0.1, -0.05) is 0 Å². The highest BCUT2D eigenvalue weighted by Gasteiger charge is 2.33. The summed E-state index contributed by atoms with van der Waals surface area (Å²) >= 11 is 0. The minimum absolute atomic E-state index is 0.175. The summed E-state index contributed by atoms with van der Waals surface area (Å²) in [7, 11) is 1.75. The van der Waals surface area contributed by atoms with Crippen LogP contribution in [-0.2, 0) is 0 Å². The Morgan fingerprint density at radius 3 is 2.33 bits per heavy atom. The Kier molecular flexibility index (Phi) is 4.89. The second-order valence-electron chi connectivity index (χ2n) is 2.54. The monoisotopic (exact) mass is 182 g/mol. The smallest absolute Gasteiger partial charge is 0.320 e. The van der Waals surface area contributed by atoms with Gasteiger partial charge in [0.25, 0.3) is 0 Å². The molecule has 2 N–H and O–H groups in total. The molecule has 0 atom stereocenters. The van der Waals surface area contributed by atoms with Crippen LogP contribution in [0.1, 0.15) is 19.3 Å². The van der Waals surface area contributed by atoms with Crippen LogP contribution in [0.25, 0.3) is 0 Å². The van der Waals surface area contributed by atoms with Crippen LogP contribution in [0.4, 0.5) is 13.2 Å². The van der Waals surface area contributed by atoms with Gasteiger partial charge in [0, 0.05) is 0 Å². The molecule has 0 unspecified atom stereocenters. The molecule has 0 aromatic heterocycles. The molecule has 0 aliphatic carbocycles. The van der Waals surface area contributed by atoms with E-state index >= 15 is 0 Å². The van der Waals surface area contributed by atoms with Crippen molar-refractivity contribution in [3.63, 3.8) is 0 Å². The Bertz CT molecular complexity index is 142. The van der Waals surface area contributed by atoms with Crippen LogP contribution >= 0.6 is 0 Å². The average Bonchev–Trinajstić information content (AvgIpc) is 1.96. The first-order valence-corrected chi connectivity index (χ1v) is 3.77. The molecule has 0 saturated carbocycles. The fraction of sp³-hybridized carbons (Fsp3) is 0.857. The summed E-state index contributed by atoms with van der Waals surface area (Å²) in [6, 6.07) is 0. The minimum Gasteiger partial charge on any atom is -0.320 e. The summed E-state index contributed by atoms with van der Waals surface area (Å²) in [5, 5.41) is 9.46. The van der Waals surface area contributed by atoms with E-state index in [1.54, 1.807) is 7.05 Å². The van der Waals surface area contributed by atoms with E-state index in [-0.39, 0.29) is 6.42 Å². The predicted octanol–water partition coefficient (Wildman–Crippen LogP) is 1.96. The van der Waals surface area contributed by atoms with E-state index in [2.05, 4.69) is 5.32 Å². The van der Waals surface area contributed by atoms with Gasteiger partial charge >= 0.3 is 6.18 Å². The maximum atomic E-state index is 11.7. The Labute approximate surface area is 69.7 Å². The number of nitrogens with one attached hydrogen (secondary N) is 2. The fourth-order valence-corrected chi connectivity index (χ4v) is 0.745. The van der Waals surface area contributed by atoms with Crippen molar-refractivity contribution in [2.24, 2.45) is 0 Å². The zero-order valence-electron chi connectivity index (χ0n) is 6.96. The van der Waals surface area contributed by atoms with E-state index in [0.29, 0.717) is 19.4 Å². The van der Waals surface area contributed by atoms with E-state index in [9.17, 15) is 13.2 Å². The van der Waals surface area contributed by atoms with Gasteiger partial charge < -0.3 is 10.7 Å². The lowest BCUT2D eigenvalue weighted by Crippen LogP contribution is -2.21. The highest BCUT2D eigenvalue weighted by molar-refractivity contribution is 5.86. The van der Waals surface area contributed by atoms with E-state index in [1.807, 2.05) is 0 Å². The lowest BCUT2D eigenvalue weighted by Gasteiger charge is -2.07. The third kappa shape index (κ3) is 5.12. The maximum Gasteiger partial charge on any atom is 0.428 e. The molecule has 0 saturated heterocycles. The zero-order chi connectivity index (χ0) is 9.61. The molecule has 72 valence electrons. The summed E-state index contributed by atoms with van der Waals surface area (Å²) in [4.78, 5) is 0. The first-order chi connectivity index (χ1) is 5.48. The maximum absolute atomic E-state index is 11.7. The molecular weight excluding hydrogens is 169 g/mol. The lowest BCUT2D eigenvalue weighted by molar-refractivity contribution is -0.0613. The summed E-state index contributed by atoms with van der Waals surface area (Å²) in [6.45, 7) is 0.700. The molecule has 0 bridgehead atoms. The first kappa shape index (κ1) is 11.4. The molecule has 0 rings (SSSR count). The van der Waals surface area contributed by atoms with E-state index in [1.165, 1.54) is 0 Å². The molecule has 0 spiro atoms. The molecule has 5 heteroatoms. The van der Waals surface area contributed by atoms with E-state index < -0.39 is 11.9 Å². The first-order valence-electron chi connectivity index (χ1n) is 3.77. The largest absolute Gasteiger partial charge is 0.428 e. The van der Waals surface area contributed by atoms with Gasteiger partial charge in [-0.2, -0.15) is 13.2 Å². The number of hydrogen-bond donors (Lipinski definition) is 2. The summed E-state index contributed by atoms with van der Waals surface area (Å²) < 4.78 is 35.2. The van der Waals surface area contributed by atoms with Gasteiger partial charge in [0.15, 0.2) is 0 Å². The van der Waals surface area contributed by atoms with Crippen molar-refractivity contribution in [3.05, 3.63) is 0 Å². The lowest BCUT2D eigenvalue weighted by atomic mass is 10.1.